The summed E-state index contributed by atoms with van der Waals surface area (Å²) in [6.07, 6.45) is -21.1. The van der Waals surface area contributed by atoms with Crippen LogP contribution >= 0.6 is 0 Å². The Bertz CT molecular complexity index is 1190. The number of nitrogens with one attached hydrogen (secondary N) is 1. The highest BCUT2D eigenvalue weighted by molar-refractivity contribution is 6.13. The van der Waals surface area contributed by atoms with Gasteiger partial charge in [0.1, 0.15) is 0 Å². The summed E-state index contributed by atoms with van der Waals surface area (Å²) in [5.41, 5.74) is -0.558. The molecule has 0 bridgehead atoms. The third kappa shape index (κ3) is 4.08. The highest BCUT2D eigenvalue weighted by Gasteiger charge is 2.79. The van der Waals surface area contributed by atoms with Crippen LogP contribution in [-0.4, -0.2) is 41.1 Å². The number of pyridine rings is 1. The minimum Gasteiger partial charge on any atom is -0.320 e. The summed E-state index contributed by atoms with van der Waals surface area (Å²) < 4.78 is 147. The Hall–Kier alpha value is -3.23. The van der Waals surface area contributed by atoms with Gasteiger partial charge in [-0.1, -0.05) is 36.4 Å². The van der Waals surface area contributed by atoms with Crippen LogP contribution in [-0.2, 0) is 9.53 Å². The molecular weight excluding hydrogens is 497 g/mol. The number of ether oxygens (including phenoxy) is 1. The Morgan fingerprint density at radius 3 is 1.56 bits per heavy atom. The lowest BCUT2D eigenvalue weighted by Gasteiger charge is -2.34. The smallest absolute Gasteiger partial charge is 0.320 e. The van der Waals surface area contributed by atoms with Gasteiger partial charge in [0.25, 0.3) is 5.91 Å². The molecule has 1 N–H and O–H groups in total. The van der Waals surface area contributed by atoms with Crippen molar-refractivity contribution in [2.75, 3.05) is 5.32 Å². The number of hydrogen-bond donors (Lipinski definition) is 1. The largest absolute Gasteiger partial charge is 0.462 e. The number of para-hydroxylation sites is 2. The van der Waals surface area contributed by atoms with Crippen LogP contribution in [0.5, 0.6) is 0 Å². The van der Waals surface area contributed by atoms with E-state index in [1.807, 2.05) is 0 Å². The van der Waals surface area contributed by atoms with E-state index < -0.39 is 41.8 Å². The normalized spacial score (nSPS) is 15.4. The Morgan fingerprint density at radius 1 is 0.706 bits per heavy atom. The summed E-state index contributed by atoms with van der Waals surface area (Å²) in [5.74, 6) is -16.7. The number of amides is 1. The topological polar surface area (TPSA) is 51.2 Å². The maximum atomic E-state index is 14.6. The molecule has 1 aromatic heterocycles. The monoisotopic (exact) mass is 506 g/mol. The van der Waals surface area contributed by atoms with E-state index in [9.17, 15) is 53.1 Å². The number of carbonyl (C=O) groups is 1. The van der Waals surface area contributed by atoms with Gasteiger partial charge in [-0.2, -0.15) is 48.3 Å². The molecule has 1 heterocycles. The predicted molar refractivity (Wildman–Crippen MR) is 94.8 cm³/mol. The van der Waals surface area contributed by atoms with Crippen molar-refractivity contribution in [2.24, 2.45) is 0 Å². The van der Waals surface area contributed by atoms with E-state index in [0.717, 1.165) is 0 Å². The van der Waals surface area contributed by atoms with Gasteiger partial charge < -0.3 is 5.32 Å². The highest BCUT2D eigenvalue weighted by atomic mass is 19.4. The molecule has 15 heteroatoms. The van der Waals surface area contributed by atoms with Gasteiger partial charge in [-0.15, -0.1) is 0 Å². The van der Waals surface area contributed by atoms with Crippen molar-refractivity contribution < 1.29 is 57.8 Å². The molecule has 0 fully saturated rings. The van der Waals surface area contributed by atoms with Crippen molar-refractivity contribution in [3.05, 3.63) is 48.5 Å². The molecule has 0 spiro atoms. The fourth-order valence-corrected chi connectivity index (χ4v) is 2.81. The number of anilines is 1. The van der Waals surface area contributed by atoms with Gasteiger partial charge in [0.2, 0.25) is 0 Å². The molecule has 184 valence electrons. The van der Waals surface area contributed by atoms with E-state index in [2.05, 4.69) is 9.72 Å². The lowest BCUT2D eigenvalue weighted by atomic mass is 10.1. The van der Waals surface area contributed by atoms with E-state index in [1.165, 1.54) is 53.8 Å². The third-order valence-electron chi connectivity index (χ3n) is 4.47. The van der Waals surface area contributed by atoms with Crippen LogP contribution in [0.25, 0.3) is 21.8 Å². The van der Waals surface area contributed by atoms with E-state index >= 15 is 0 Å². The second kappa shape index (κ2) is 7.92. The van der Waals surface area contributed by atoms with Crippen LogP contribution in [0.3, 0.4) is 0 Å². The molecule has 0 unspecified atom stereocenters. The standard InChI is InChI=1S/C19H9F11N2O2/c20-15(17(23,24)25,34-19(29,30)16(21,22)18(26,27)28)14(33)32-13-9-5-1-3-7-11(9)31-12-8-4-2-6-10(12)13/h1-8H,(H,31,32,33)/t15-/m1/s1. The molecule has 0 saturated heterocycles. The van der Waals surface area contributed by atoms with Crippen molar-refractivity contribution in [3.8, 4) is 0 Å². The molecule has 1 atom stereocenters. The first-order valence-electron chi connectivity index (χ1n) is 8.79. The quantitative estimate of drug-likeness (QED) is 0.324. The van der Waals surface area contributed by atoms with Gasteiger partial charge in [-0.05, 0) is 12.1 Å². The number of benzene rings is 2. The second-order valence-electron chi connectivity index (χ2n) is 6.76. The Morgan fingerprint density at radius 2 is 1.15 bits per heavy atom. The minimum absolute atomic E-state index is 0.0304. The first kappa shape index (κ1) is 25.4. The van der Waals surface area contributed by atoms with Crippen molar-refractivity contribution in [1.29, 1.82) is 0 Å². The fraction of sp³-hybridized carbons (Fsp3) is 0.263. The van der Waals surface area contributed by atoms with Gasteiger partial charge in [0.05, 0.1) is 16.7 Å². The predicted octanol–water partition coefficient (Wildman–Crippen LogP) is 6.36. The van der Waals surface area contributed by atoms with E-state index in [4.69, 9.17) is 0 Å². The summed E-state index contributed by atoms with van der Waals surface area (Å²) in [6, 6.07) is 10.5. The summed E-state index contributed by atoms with van der Waals surface area (Å²) in [6.45, 7) is 0. The molecule has 0 aliphatic carbocycles. The number of hydrogen-bond acceptors (Lipinski definition) is 3. The molecule has 2 aromatic carbocycles. The molecule has 34 heavy (non-hydrogen) atoms. The molecule has 0 saturated carbocycles. The van der Waals surface area contributed by atoms with Gasteiger partial charge in [-0.3, -0.25) is 9.53 Å². The number of carbonyl (C=O) groups excluding carboxylic acids is 1. The van der Waals surface area contributed by atoms with Gasteiger partial charge >= 0.3 is 30.2 Å². The maximum absolute atomic E-state index is 14.6. The average Bonchev–Trinajstić information content (AvgIpc) is 2.71. The van der Waals surface area contributed by atoms with Crippen molar-refractivity contribution in [3.63, 3.8) is 0 Å². The molecule has 3 rings (SSSR count). The highest BCUT2D eigenvalue weighted by Crippen LogP contribution is 2.51. The SMILES string of the molecule is O=C(Nc1c2ccccc2nc2ccccc12)[C@@](F)(OC(F)(F)C(F)(F)C(F)(F)F)C(F)(F)F. The number of nitrogens with zero attached hydrogens (tertiary/aromatic N) is 1. The van der Waals surface area contributed by atoms with E-state index in [0.29, 0.717) is 0 Å². The Kier molecular flexibility index (Phi) is 5.92. The summed E-state index contributed by atoms with van der Waals surface area (Å²) >= 11 is 0. The maximum Gasteiger partial charge on any atom is 0.462 e. The summed E-state index contributed by atoms with van der Waals surface area (Å²) in [5, 5.41) is 1.06. The van der Waals surface area contributed by atoms with Crippen molar-refractivity contribution in [1.82, 2.24) is 4.98 Å². The first-order valence-corrected chi connectivity index (χ1v) is 8.79. The number of aromatic nitrogens is 1. The zero-order chi connectivity index (χ0) is 25.7. The third-order valence-corrected chi connectivity index (χ3v) is 4.47. The zero-order valence-electron chi connectivity index (χ0n) is 16.0. The van der Waals surface area contributed by atoms with Crippen LogP contribution in [0.4, 0.5) is 54.0 Å². The Balaban J connectivity index is 2.13. The van der Waals surface area contributed by atoms with E-state index in [-0.39, 0.29) is 21.8 Å². The summed E-state index contributed by atoms with van der Waals surface area (Å²) in [4.78, 5) is 16.3. The van der Waals surface area contributed by atoms with Crippen LogP contribution in [0, 0.1) is 0 Å². The Labute approximate surface area is 181 Å². The van der Waals surface area contributed by atoms with Gasteiger partial charge in [0.15, 0.2) is 0 Å². The van der Waals surface area contributed by atoms with Crippen LogP contribution in [0.15, 0.2) is 48.5 Å². The molecule has 4 nitrogen and oxygen atoms in total. The molecule has 0 aliphatic heterocycles. The van der Waals surface area contributed by atoms with Gasteiger partial charge in [-0.25, -0.2) is 4.98 Å². The van der Waals surface area contributed by atoms with E-state index in [1.54, 1.807) is 0 Å². The number of fused-ring (bicyclic) bond motifs is 2. The number of alkyl halides is 11. The first-order chi connectivity index (χ1) is 15.4. The second-order valence-corrected chi connectivity index (χ2v) is 6.76. The van der Waals surface area contributed by atoms with Crippen LogP contribution in [0.2, 0.25) is 0 Å². The zero-order valence-corrected chi connectivity index (χ0v) is 16.0. The molecular formula is C19H9F11N2O2. The van der Waals surface area contributed by atoms with Gasteiger partial charge in [0, 0.05) is 10.8 Å². The van der Waals surface area contributed by atoms with Crippen LogP contribution < -0.4 is 5.32 Å². The number of halogens is 11. The van der Waals surface area contributed by atoms with Crippen molar-refractivity contribution >= 4 is 33.4 Å². The minimum atomic E-state index is -7.28. The number of rotatable bonds is 5. The molecule has 0 radical (unpaired) electrons. The molecule has 1 amide bonds. The summed E-state index contributed by atoms with van der Waals surface area (Å²) in [7, 11) is 0. The lowest BCUT2D eigenvalue weighted by molar-refractivity contribution is -0.472. The fourth-order valence-electron chi connectivity index (χ4n) is 2.81. The average molecular weight is 506 g/mol. The van der Waals surface area contributed by atoms with Crippen molar-refractivity contribution in [2.45, 2.75) is 30.2 Å². The molecule has 0 aliphatic rings. The lowest BCUT2D eigenvalue weighted by Crippen LogP contribution is -2.62. The van der Waals surface area contributed by atoms with Crippen LogP contribution in [0.1, 0.15) is 0 Å². The molecule has 3 aromatic rings.